The smallest absolute Gasteiger partial charge is 0.258 e. The lowest BCUT2D eigenvalue weighted by Crippen LogP contribution is -2.07. The van der Waals surface area contributed by atoms with Crippen molar-refractivity contribution in [2.24, 2.45) is 0 Å². The lowest BCUT2D eigenvalue weighted by Gasteiger charge is -2.15. The van der Waals surface area contributed by atoms with Gasteiger partial charge in [0.2, 0.25) is 0 Å². The van der Waals surface area contributed by atoms with Gasteiger partial charge in [-0.2, -0.15) is 0 Å². The Labute approximate surface area is 81.5 Å². The van der Waals surface area contributed by atoms with Crippen LogP contribution < -0.4 is 0 Å². The molecule has 0 aliphatic carbocycles. The maximum atomic E-state index is 10.4. The van der Waals surface area contributed by atoms with Gasteiger partial charge in [-0.25, -0.2) is 0 Å². The first-order valence-corrected chi connectivity index (χ1v) is 4.23. The van der Waals surface area contributed by atoms with Gasteiger partial charge in [0.15, 0.2) is 0 Å². The van der Waals surface area contributed by atoms with Crippen LogP contribution in [0.3, 0.4) is 0 Å². The third kappa shape index (κ3) is 2.42. The number of nitro benzene ring substituents is 1. The standard InChI is InChI=1S/C9H10ClNO2/c1-9(2,10)7-4-3-5-8(6-7)11(12)13/h3-6H,1-2H3. The molecule has 0 spiro atoms. The summed E-state index contributed by atoms with van der Waals surface area (Å²) in [6, 6.07) is 6.36. The fraction of sp³-hybridized carbons (Fsp3) is 0.333. The van der Waals surface area contributed by atoms with Gasteiger partial charge < -0.3 is 0 Å². The average Bonchev–Trinajstić information content (AvgIpc) is 2.03. The van der Waals surface area contributed by atoms with Crippen LogP contribution in [0.15, 0.2) is 24.3 Å². The summed E-state index contributed by atoms with van der Waals surface area (Å²) in [5, 5.41) is 10.4. The Morgan fingerprint density at radius 3 is 2.54 bits per heavy atom. The normalized spacial score (nSPS) is 11.3. The zero-order valence-corrected chi connectivity index (χ0v) is 8.21. The van der Waals surface area contributed by atoms with Crippen LogP contribution in [-0.4, -0.2) is 4.92 Å². The predicted octanol–water partition coefficient (Wildman–Crippen LogP) is 3.07. The average molecular weight is 200 g/mol. The SMILES string of the molecule is CC(C)(Cl)c1cccc([N+](=O)[O-])c1. The molecular formula is C9H10ClNO2. The number of hydrogen-bond acceptors (Lipinski definition) is 2. The maximum absolute atomic E-state index is 10.4. The molecule has 1 rings (SSSR count). The second-order valence-corrected chi connectivity index (χ2v) is 4.22. The molecule has 13 heavy (non-hydrogen) atoms. The summed E-state index contributed by atoms with van der Waals surface area (Å²) in [5.74, 6) is 0. The molecular weight excluding hydrogens is 190 g/mol. The molecule has 70 valence electrons. The van der Waals surface area contributed by atoms with Crippen LogP contribution in [0, 0.1) is 10.1 Å². The molecule has 1 aromatic rings. The fourth-order valence-corrected chi connectivity index (χ4v) is 1.11. The molecule has 0 saturated carbocycles. The number of nitrogens with zero attached hydrogens (tertiary/aromatic N) is 1. The number of nitro groups is 1. The van der Waals surface area contributed by atoms with Gasteiger partial charge in [0.05, 0.1) is 9.80 Å². The zero-order valence-electron chi connectivity index (χ0n) is 7.45. The van der Waals surface area contributed by atoms with Crippen molar-refractivity contribution >= 4 is 17.3 Å². The Balaban J connectivity index is 3.13. The van der Waals surface area contributed by atoms with Gasteiger partial charge in [0.25, 0.3) is 5.69 Å². The van der Waals surface area contributed by atoms with E-state index in [0.29, 0.717) is 0 Å². The third-order valence-corrected chi connectivity index (χ3v) is 1.96. The number of rotatable bonds is 2. The molecule has 0 aliphatic heterocycles. The molecule has 0 amide bonds. The number of hydrogen-bond donors (Lipinski definition) is 0. The van der Waals surface area contributed by atoms with E-state index in [4.69, 9.17) is 11.6 Å². The Morgan fingerprint density at radius 2 is 2.08 bits per heavy atom. The Hall–Kier alpha value is -1.09. The van der Waals surface area contributed by atoms with Crippen molar-refractivity contribution in [2.45, 2.75) is 18.7 Å². The van der Waals surface area contributed by atoms with E-state index in [1.54, 1.807) is 26.0 Å². The summed E-state index contributed by atoms with van der Waals surface area (Å²) in [4.78, 5) is 9.45. The van der Waals surface area contributed by atoms with Crippen molar-refractivity contribution in [3.8, 4) is 0 Å². The highest BCUT2D eigenvalue weighted by atomic mass is 35.5. The van der Waals surface area contributed by atoms with Gasteiger partial charge in [-0.15, -0.1) is 11.6 Å². The van der Waals surface area contributed by atoms with Crippen molar-refractivity contribution in [1.82, 2.24) is 0 Å². The largest absolute Gasteiger partial charge is 0.269 e. The summed E-state index contributed by atoms with van der Waals surface area (Å²) in [5.41, 5.74) is 0.828. The highest BCUT2D eigenvalue weighted by Crippen LogP contribution is 2.29. The molecule has 1 aromatic carbocycles. The third-order valence-electron chi connectivity index (χ3n) is 1.74. The van der Waals surface area contributed by atoms with Crippen molar-refractivity contribution in [1.29, 1.82) is 0 Å². The predicted molar refractivity (Wildman–Crippen MR) is 52.0 cm³/mol. The molecule has 3 nitrogen and oxygen atoms in total. The summed E-state index contributed by atoms with van der Waals surface area (Å²) >= 11 is 6.01. The van der Waals surface area contributed by atoms with E-state index >= 15 is 0 Å². The zero-order chi connectivity index (χ0) is 10.1. The first-order valence-electron chi connectivity index (χ1n) is 3.85. The van der Waals surface area contributed by atoms with Crippen molar-refractivity contribution in [2.75, 3.05) is 0 Å². The van der Waals surface area contributed by atoms with E-state index in [1.165, 1.54) is 12.1 Å². The van der Waals surface area contributed by atoms with Crippen molar-refractivity contribution in [3.63, 3.8) is 0 Å². The minimum absolute atomic E-state index is 0.0752. The van der Waals surface area contributed by atoms with E-state index < -0.39 is 9.80 Å². The van der Waals surface area contributed by atoms with Crippen LogP contribution in [0.25, 0.3) is 0 Å². The van der Waals surface area contributed by atoms with E-state index in [1.807, 2.05) is 0 Å². The first kappa shape index (κ1) is 9.99. The second kappa shape index (κ2) is 3.34. The van der Waals surface area contributed by atoms with Gasteiger partial charge in [-0.3, -0.25) is 10.1 Å². The Bertz CT molecular complexity index is 331. The van der Waals surface area contributed by atoms with Gasteiger partial charge in [-0.1, -0.05) is 12.1 Å². The van der Waals surface area contributed by atoms with Gasteiger partial charge in [0.1, 0.15) is 0 Å². The summed E-state index contributed by atoms with van der Waals surface area (Å²) in [6.45, 7) is 3.60. The van der Waals surface area contributed by atoms with Crippen LogP contribution in [0.1, 0.15) is 19.4 Å². The van der Waals surface area contributed by atoms with Crippen LogP contribution in [0.5, 0.6) is 0 Å². The molecule has 0 bridgehead atoms. The topological polar surface area (TPSA) is 43.1 Å². The molecule has 0 radical (unpaired) electrons. The molecule has 0 atom stereocenters. The number of alkyl halides is 1. The monoisotopic (exact) mass is 199 g/mol. The number of non-ortho nitro benzene ring substituents is 1. The van der Waals surface area contributed by atoms with Gasteiger partial charge in [0, 0.05) is 12.1 Å². The number of benzene rings is 1. The lowest BCUT2D eigenvalue weighted by molar-refractivity contribution is -0.384. The summed E-state index contributed by atoms with van der Waals surface area (Å²) in [7, 11) is 0. The van der Waals surface area contributed by atoms with Crippen LogP contribution in [-0.2, 0) is 4.87 Å². The minimum Gasteiger partial charge on any atom is -0.258 e. The highest BCUT2D eigenvalue weighted by Gasteiger charge is 2.18. The quantitative estimate of drug-likeness (QED) is 0.417. The second-order valence-electron chi connectivity index (χ2n) is 3.28. The van der Waals surface area contributed by atoms with Crippen LogP contribution in [0.2, 0.25) is 0 Å². The van der Waals surface area contributed by atoms with Gasteiger partial charge in [-0.05, 0) is 19.4 Å². The maximum Gasteiger partial charge on any atom is 0.269 e. The lowest BCUT2D eigenvalue weighted by atomic mass is 10.0. The van der Waals surface area contributed by atoms with E-state index in [9.17, 15) is 10.1 Å². The molecule has 4 heteroatoms. The molecule has 0 unspecified atom stereocenters. The molecule has 0 fully saturated rings. The molecule has 0 aliphatic rings. The highest BCUT2D eigenvalue weighted by molar-refractivity contribution is 6.23. The molecule has 0 saturated heterocycles. The molecule has 0 heterocycles. The Morgan fingerprint density at radius 1 is 1.46 bits per heavy atom. The summed E-state index contributed by atoms with van der Waals surface area (Å²) in [6.07, 6.45) is 0. The Kier molecular flexibility index (Phi) is 2.57. The summed E-state index contributed by atoms with van der Waals surface area (Å²) < 4.78 is 0. The van der Waals surface area contributed by atoms with Crippen molar-refractivity contribution < 1.29 is 4.92 Å². The first-order chi connectivity index (χ1) is 5.91. The minimum atomic E-state index is -0.563. The van der Waals surface area contributed by atoms with Crippen LogP contribution in [0.4, 0.5) is 5.69 Å². The molecule has 0 N–H and O–H groups in total. The van der Waals surface area contributed by atoms with Gasteiger partial charge >= 0.3 is 0 Å². The van der Waals surface area contributed by atoms with E-state index in [2.05, 4.69) is 0 Å². The van der Waals surface area contributed by atoms with E-state index in [-0.39, 0.29) is 5.69 Å². The number of halogens is 1. The fourth-order valence-electron chi connectivity index (χ4n) is 0.989. The van der Waals surface area contributed by atoms with E-state index in [0.717, 1.165) is 5.56 Å². The van der Waals surface area contributed by atoms with Crippen molar-refractivity contribution in [3.05, 3.63) is 39.9 Å². The molecule has 0 aromatic heterocycles. The van der Waals surface area contributed by atoms with Crippen LogP contribution >= 0.6 is 11.6 Å².